The van der Waals surface area contributed by atoms with Crippen molar-refractivity contribution in [1.29, 1.82) is 0 Å². The van der Waals surface area contributed by atoms with Crippen LogP contribution in [-0.2, 0) is 33.0 Å². The molecule has 3 aliphatic carbocycles. The Balaban J connectivity index is 0.988. The van der Waals surface area contributed by atoms with E-state index in [0.29, 0.717) is 5.69 Å². The van der Waals surface area contributed by atoms with E-state index in [1.165, 1.54) is 83.5 Å². The van der Waals surface area contributed by atoms with Crippen LogP contribution in [0.5, 0.6) is 0 Å². The molecular weight excluding hydrogens is 871 g/mol. The fourth-order valence-electron chi connectivity index (χ4n) is 12.2. The number of rotatable bonds is 7. The second kappa shape index (κ2) is 16.6. The zero-order valence-corrected chi connectivity index (χ0v) is 42.7. The molecule has 0 bridgehead atoms. The third-order valence-electron chi connectivity index (χ3n) is 16.4. The van der Waals surface area contributed by atoms with Gasteiger partial charge < -0.3 is 4.74 Å². The Bertz CT molecular complexity index is 3480. The zero-order chi connectivity index (χ0) is 49.8. The number of hydrogen-bond donors (Lipinski definition) is 0. The highest BCUT2D eigenvalue weighted by atomic mass is 16.6. The number of aliphatic imine (C=N–C) groups is 1. The van der Waals surface area contributed by atoms with Crippen molar-refractivity contribution in [2.75, 3.05) is 4.90 Å². The van der Waals surface area contributed by atoms with Gasteiger partial charge in [-0.05, 0) is 159 Å². The van der Waals surface area contributed by atoms with Crippen LogP contribution in [0.15, 0.2) is 167 Å². The standard InChI is InChI=1S/C64H61N5O2/c1-38-19-27-45-47-33-53-55(35-51(47)61(3,4)49(45)31-38)66-57(63(53,7)8)29-23-42-17-14-18-43(59(42)41-15-12-11-13-16-41)24-30-58-64(9,10)54-34-48-46-28-20-39(2)32-50(46)62(5,6)52(48)36-56(54)69(58)60(70)71-37-40-21-25-44(26-22-40)67-68-65/h11-13,15-16,19-36H,14,17-18,37H2,1-10H3/b29-23+,43-24+,58-30+. The molecule has 0 saturated carbocycles. The molecule has 6 aromatic rings. The van der Waals surface area contributed by atoms with Gasteiger partial charge in [-0.1, -0.05) is 175 Å². The predicted molar refractivity (Wildman–Crippen MR) is 291 cm³/mol. The van der Waals surface area contributed by atoms with Gasteiger partial charge in [0.15, 0.2) is 0 Å². The number of carbonyl (C=O) groups excluding carboxylic acids is 1. The molecule has 7 heteroatoms. The van der Waals surface area contributed by atoms with Crippen molar-refractivity contribution in [2.45, 2.75) is 117 Å². The van der Waals surface area contributed by atoms with Crippen molar-refractivity contribution in [3.8, 4) is 22.3 Å². The first-order chi connectivity index (χ1) is 33.9. The lowest BCUT2D eigenvalue weighted by Crippen LogP contribution is -2.32. The molecule has 0 unspecified atom stereocenters. The number of ether oxygens (including phenoxy) is 1. The molecule has 0 radical (unpaired) electrons. The van der Waals surface area contributed by atoms with Crippen molar-refractivity contribution in [2.24, 2.45) is 10.1 Å². The molecule has 11 rings (SSSR count). The minimum absolute atomic E-state index is 0.0644. The molecule has 354 valence electrons. The van der Waals surface area contributed by atoms with Crippen molar-refractivity contribution < 1.29 is 9.53 Å². The highest BCUT2D eigenvalue weighted by molar-refractivity contribution is 6.09. The van der Waals surface area contributed by atoms with Crippen molar-refractivity contribution >= 4 is 34.4 Å². The lowest BCUT2D eigenvalue weighted by atomic mass is 9.77. The summed E-state index contributed by atoms with van der Waals surface area (Å²) < 4.78 is 6.21. The third kappa shape index (κ3) is 7.35. The summed E-state index contributed by atoms with van der Waals surface area (Å²) in [7, 11) is 0. The van der Waals surface area contributed by atoms with Crippen molar-refractivity contribution in [3.63, 3.8) is 0 Å². The van der Waals surface area contributed by atoms with Crippen LogP contribution < -0.4 is 4.90 Å². The van der Waals surface area contributed by atoms with Crippen LogP contribution in [0.4, 0.5) is 21.9 Å². The molecular formula is C64H61N5O2. The van der Waals surface area contributed by atoms with Crippen molar-refractivity contribution in [1.82, 2.24) is 0 Å². The molecule has 5 aliphatic rings. The van der Waals surface area contributed by atoms with Gasteiger partial charge in [-0.25, -0.2) is 9.69 Å². The number of carbonyl (C=O) groups is 1. The Morgan fingerprint density at radius 1 is 0.662 bits per heavy atom. The average Bonchev–Trinajstić information content (AvgIpc) is 3.91. The van der Waals surface area contributed by atoms with Gasteiger partial charge >= 0.3 is 6.09 Å². The van der Waals surface area contributed by atoms with E-state index in [1.54, 1.807) is 12.1 Å². The molecule has 7 nitrogen and oxygen atoms in total. The quantitative estimate of drug-likeness (QED) is 0.0906. The van der Waals surface area contributed by atoms with Crippen LogP contribution in [-0.4, -0.2) is 11.8 Å². The van der Waals surface area contributed by atoms with E-state index in [1.807, 2.05) is 17.0 Å². The van der Waals surface area contributed by atoms with E-state index in [0.717, 1.165) is 53.2 Å². The minimum atomic E-state index is -0.555. The first-order valence-electron chi connectivity index (χ1n) is 25.1. The summed E-state index contributed by atoms with van der Waals surface area (Å²) in [6, 6.07) is 40.8. The summed E-state index contributed by atoms with van der Waals surface area (Å²) in [4.78, 5) is 24.9. The van der Waals surface area contributed by atoms with Gasteiger partial charge in [0.1, 0.15) is 6.61 Å². The van der Waals surface area contributed by atoms with Gasteiger partial charge in [0.05, 0.1) is 17.1 Å². The van der Waals surface area contributed by atoms with Gasteiger partial charge in [-0.15, -0.1) is 0 Å². The van der Waals surface area contributed by atoms with Crippen LogP contribution in [0, 0.1) is 13.8 Å². The van der Waals surface area contributed by atoms with Gasteiger partial charge in [-0.2, -0.15) is 0 Å². The number of aryl methyl sites for hydroxylation is 2. The predicted octanol–water partition coefficient (Wildman–Crippen LogP) is 17.4. The molecule has 0 N–H and O–H groups in total. The van der Waals surface area contributed by atoms with Crippen molar-refractivity contribution in [3.05, 3.63) is 222 Å². The molecule has 2 heterocycles. The van der Waals surface area contributed by atoms with Gasteiger partial charge in [-0.3, -0.25) is 4.99 Å². The van der Waals surface area contributed by atoms with Crippen LogP contribution in [0.1, 0.15) is 130 Å². The summed E-state index contributed by atoms with van der Waals surface area (Å²) in [6.45, 7) is 22.7. The van der Waals surface area contributed by atoms with Crippen LogP contribution in [0.25, 0.3) is 38.3 Å². The Kier molecular flexibility index (Phi) is 10.7. The van der Waals surface area contributed by atoms with Crippen LogP contribution in [0.2, 0.25) is 0 Å². The number of azide groups is 1. The maximum Gasteiger partial charge on any atom is 0.419 e. The van der Waals surface area contributed by atoms with Gasteiger partial charge in [0.2, 0.25) is 0 Å². The number of amides is 1. The Morgan fingerprint density at radius 2 is 1.28 bits per heavy atom. The molecule has 6 aromatic carbocycles. The number of anilines is 1. The molecule has 71 heavy (non-hydrogen) atoms. The van der Waals surface area contributed by atoms with E-state index < -0.39 is 11.5 Å². The number of benzene rings is 6. The number of fused-ring (bicyclic) bond motifs is 8. The summed E-state index contributed by atoms with van der Waals surface area (Å²) in [5.41, 5.74) is 33.0. The molecule has 0 atom stereocenters. The maximum absolute atomic E-state index is 14.8. The van der Waals surface area contributed by atoms with E-state index in [2.05, 4.69) is 195 Å². The second-order valence-corrected chi connectivity index (χ2v) is 22.4. The zero-order valence-electron chi connectivity index (χ0n) is 42.7. The van der Waals surface area contributed by atoms with Crippen LogP contribution >= 0.6 is 0 Å². The summed E-state index contributed by atoms with van der Waals surface area (Å²) in [5, 5.41) is 3.71. The average molecular weight is 932 g/mol. The lowest BCUT2D eigenvalue weighted by molar-refractivity contribution is 0.148. The number of nitrogens with zero attached hydrogens (tertiary/aromatic N) is 5. The number of allylic oxidation sites excluding steroid dienone is 8. The normalized spacial score (nSPS) is 19.2. The van der Waals surface area contributed by atoms with Gasteiger partial charge in [0.25, 0.3) is 0 Å². The third-order valence-corrected chi connectivity index (χ3v) is 16.4. The molecule has 0 aromatic heterocycles. The second-order valence-electron chi connectivity index (χ2n) is 22.4. The SMILES string of the molecule is Cc1ccc2c(c1)C(C)(C)c1cc3c(cc1-2)C(C)(C)C(/C=C/C1=C(c2ccccc2)C(=C/C=C2/N(C(=O)OCc4ccc(N=[N+]=[N-])cc4)c4cc5c(cc4C2(C)C)-c2ccc(C)cc2C5(C)C)/CCC1)=N3. The Morgan fingerprint density at radius 3 is 1.93 bits per heavy atom. The molecule has 0 saturated heterocycles. The first kappa shape index (κ1) is 45.9. The van der Waals surface area contributed by atoms with Gasteiger partial charge in [0, 0.05) is 38.0 Å². The van der Waals surface area contributed by atoms with Crippen LogP contribution in [0.3, 0.4) is 0 Å². The lowest BCUT2D eigenvalue weighted by Gasteiger charge is -2.26. The molecule has 0 fully saturated rings. The molecule has 2 aliphatic heterocycles. The first-order valence-corrected chi connectivity index (χ1v) is 25.1. The molecule has 0 spiro atoms. The van der Waals surface area contributed by atoms with E-state index in [-0.39, 0.29) is 22.9 Å². The fourth-order valence-corrected chi connectivity index (χ4v) is 12.2. The molecule has 1 amide bonds. The number of hydrogen-bond acceptors (Lipinski definition) is 4. The summed E-state index contributed by atoms with van der Waals surface area (Å²) in [5.74, 6) is 0. The Hall–Kier alpha value is -7.47. The summed E-state index contributed by atoms with van der Waals surface area (Å²) in [6.07, 6.45) is 11.4. The van der Waals surface area contributed by atoms with E-state index in [4.69, 9.17) is 15.3 Å². The summed E-state index contributed by atoms with van der Waals surface area (Å²) >= 11 is 0. The highest BCUT2D eigenvalue weighted by Gasteiger charge is 2.47. The van der Waals surface area contributed by atoms with E-state index >= 15 is 0 Å². The Labute approximate surface area is 418 Å². The monoisotopic (exact) mass is 931 g/mol. The maximum atomic E-state index is 14.8. The largest absolute Gasteiger partial charge is 0.444 e. The topological polar surface area (TPSA) is 90.7 Å². The minimum Gasteiger partial charge on any atom is -0.444 e. The smallest absolute Gasteiger partial charge is 0.419 e. The fraction of sp³-hybridized carbons (Fsp3) is 0.281. The highest BCUT2D eigenvalue weighted by Crippen LogP contribution is 2.57. The van der Waals surface area contributed by atoms with E-state index in [9.17, 15) is 4.79 Å².